The number of rotatable bonds is 7. The lowest BCUT2D eigenvalue weighted by molar-refractivity contribution is -0.142. The number of amides is 1. The Labute approximate surface area is 146 Å². The van der Waals surface area contributed by atoms with Crippen molar-refractivity contribution in [2.24, 2.45) is 0 Å². The summed E-state index contributed by atoms with van der Waals surface area (Å²) in [4.78, 5) is 22.9. The van der Waals surface area contributed by atoms with Crippen molar-refractivity contribution in [2.45, 2.75) is 26.2 Å². The maximum absolute atomic E-state index is 12.5. The zero-order valence-corrected chi connectivity index (χ0v) is 14.7. The van der Waals surface area contributed by atoms with Crippen LogP contribution in [0.25, 0.3) is 5.69 Å². The van der Waals surface area contributed by atoms with E-state index in [1.807, 2.05) is 51.1 Å². The number of aromatic nitrogens is 2. The summed E-state index contributed by atoms with van der Waals surface area (Å²) < 4.78 is 6.61. The second-order valence-corrected chi connectivity index (χ2v) is 6.62. The van der Waals surface area contributed by atoms with Gasteiger partial charge in [0, 0.05) is 18.2 Å². The minimum absolute atomic E-state index is 0.135. The lowest BCUT2D eigenvalue weighted by Crippen LogP contribution is -2.29. The van der Waals surface area contributed by atoms with Gasteiger partial charge in [-0.3, -0.25) is 4.79 Å². The predicted octanol–water partition coefficient (Wildman–Crippen LogP) is 2.00. The highest BCUT2D eigenvalue weighted by Crippen LogP contribution is 2.25. The highest BCUT2D eigenvalue weighted by atomic mass is 16.5. The van der Waals surface area contributed by atoms with E-state index >= 15 is 0 Å². The molecule has 0 aliphatic carbocycles. The van der Waals surface area contributed by atoms with Gasteiger partial charge in [-0.25, -0.2) is 9.48 Å². The maximum Gasteiger partial charge on any atom is 0.329 e. The van der Waals surface area contributed by atoms with Gasteiger partial charge in [0.25, 0.3) is 5.91 Å². The molecule has 0 atom stereocenters. The lowest BCUT2D eigenvalue weighted by atomic mass is 9.89. The van der Waals surface area contributed by atoms with E-state index in [0.29, 0.717) is 11.3 Å². The van der Waals surface area contributed by atoms with Crippen molar-refractivity contribution < 1.29 is 19.4 Å². The van der Waals surface area contributed by atoms with Crippen molar-refractivity contribution in [1.29, 1.82) is 0 Å². The topological polar surface area (TPSA) is 93.5 Å². The SMILES string of the molecule is CC(C)(C)c1nn(-c2ccccc2)cc1C(=O)NCCOCC(=O)O. The minimum Gasteiger partial charge on any atom is -0.480 e. The minimum atomic E-state index is -1.04. The van der Waals surface area contributed by atoms with Crippen LogP contribution in [0.2, 0.25) is 0 Å². The normalized spacial score (nSPS) is 11.3. The Morgan fingerprint density at radius 1 is 1.24 bits per heavy atom. The molecule has 1 aromatic heterocycles. The highest BCUT2D eigenvalue weighted by molar-refractivity contribution is 5.95. The Bertz CT molecular complexity index is 733. The van der Waals surface area contributed by atoms with Crippen molar-refractivity contribution in [3.05, 3.63) is 47.8 Å². The standard InChI is InChI=1S/C18H23N3O4/c1-18(2,3)16-14(17(24)19-9-10-25-12-15(22)23)11-21(20-16)13-7-5-4-6-8-13/h4-8,11H,9-10,12H2,1-3H3,(H,19,24)(H,22,23). The van der Waals surface area contributed by atoms with Gasteiger partial charge in [0.05, 0.1) is 23.6 Å². The van der Waals surface area contributed by atoms with Crippen LogP contribution in [0, 0.1) is 0 Å². The summed E-state index contributed by atoms with van der Waals surface area (Å²) in [6.07, 6.45) is 1.71. The fraction of sp³-hybridized carbons (Fsp3) is 0.389. The van der Waals surface area contributed by atoms with Gasteiger partial charge in [0.15, 0.2) is 0 Å². The molecule has 1 aromatic carbocycles. The van der Waals surface area contributed by atoms with Crippen LogP contribution in [0.15, 0.2) is 36.5 Å². The number of carboxylic acid groups (broad SMARTS) is 1. The van der Waals surface area contributed by atoms with E-state index < -0.39 is 5.97 Å². The van der Waals surface area contributed by atoms with Crippen LogP contribution in [-0.4, -0.2) is 46.5 Å². The number of carbonyl (C=O) groups excluding carboxylic acids is 1. The molecule has 134 valence electrons. The van der Waals surface area contributed by atoms with Crippen molar-refractivity contribution in [3.8, 4) is 5.69 Å². The van der Waals surface area contributed by atoms with Crippen LogP contribution in [0.5, 0.6) is 0 Å². The maximum atomic E-state index is 12.5. The van der Waals surface area contributed by atoms with E-state index in [4.69, 9.17) is 9.84 Å². The number of benzene rings is 1. The number of nitrogens with zero attached hydrogens (tertiary/aromatic N) is 2. The smallest absolute Gasteiger partial charge is 0.329 e. The largest absolute Gasteiger partial charge is 0.480 e. The molecule has 2 N–H and O–H groups in total. The molecule has 0 bridgehead atoms. The Kier molecular flexibility index (Phi) is 5.93. The van der Waals surface area contributed by atoms with Crippen LogP contribution in [0.3, 0.4) is 0 Å². The van der Waals surface area contributed by atoms with Gasteiger partial charge in [-0.2, -0.15) is 5.10 Å². The zero-order valence-electron chi connectivity index (χ0n) is 14.7. The van der Waals surface area contributed by atoms with Gasteiger partial charge in [-0.15, -0.1) is 0 Å². The van der Waals surface area contributed by atoms with Gasteiger partial charge in [0.2, 0.25) is 0 Å². The van der Waals surface area contributed by atoms with E-state index in [2.05, 4.69) is 10.4 Å². The second kappa shape index (κ2) is 7.94. The third-order valence-corrected chi connectivity index (χ3v) is 3.45. The van der Waals surface area contributed by atoms with Gasteiger partial charge in [0.1, 0.15) is 6.61 Å². The van der Waals surface area contributed by atoms with Gasteiger partial charge in [-0.1, -0.05) is 39.0 Å². The van der Waals surface area contributed by atoms with Crippen molar-refractivity contribution >= 4 is 11.9 Å². The van der Waals surface area contributed by atoms with Gasteiger partial charge >= 0.3 is 5.97 Å². The third-order valence-electron chi connectivity index (χ3n) is 3.45. The molecule has 0 aliphatic heterocycles. The number of carbonyl (C=O) groups is 2. The van der Waals surface area contributed by atoms with Crippen LogP contribution < -0.4 is 5.32 Å². The van der Waals surface area contributed by atoms with Gasteiger partial charge < -0.3 is 15.2 Å². The summed E-state index contributed by atoms with van der Waals surface area (Å²) in [5.74, 6) is -1.29. The van der Waals surface area contributed by atoms with Crippen molar-refractivity contribution in [2.75, 3.05) is 19.8 Å². The number of nitrogens with one attached hydrogen (secondary N) is 1. The first-order valence-electron chi connectivity index (χ1n) is 8.02. The van der Waals surface area contributed by atoms with E-state index in [1.165, 1.54) is 0 Å². The van der Waals surface area contributed by atoms with Crippen LogP contribution >= 0.6 is 0 Å². The first-order valence-corrected chi connectivity index (χ1v) is 8.02. The van der Waals surface area contributed by atoms with E-state index in [1.54, 1.807) is 10.9 Å². The monoisotopic (exact) mass is 345 g/mol. The quantitative estimate of drug-likeness (QED) is 0.749. The fourth-order valence-electron chi connectivity index (χ4n) is 2.30. The molecule has 0 aliphatic rings. The lowest BCUT2D eigenvalue weighted by Gasteiger charge is -2.17. The molecule has 2 aromatic rings. The summed E-state index contributed by atoms with van der Waals surface area (Å²) in [6, 6.07) is 9.57. The number of para-hydroxylation sites is 1. The molecule has 2 rings (SSSR count). The Balaban J connectivity index is 2.14. The molecular weight excluding hydrogens is 322 g/mol. The molecule has 0 saturated carbocycles. The molecule has 1 amide bonds. The number of hydrogen-bond acceptors (Lipinski definition) is 4. The molecule has 0 saturated heterocycles. The Hall–Kier alpha value is -2.67. The predicted molar refractivity (Wildman–Crippen MR) is 93.1 cm³/mol. The number of aliphatic carboxylic acids is 1. The summed E-state index contributed by atoms with van der Waals surface area (Å²) >= 11 is 0. The molecule has 7 heteroatoms. The summed E-state index contributed by atoms with van der Waals surface area (Å²) in [6.45, 7) is 5.98. The summed E-state index contributed by atoms with van der Waals surface area (Å²) in [5, 5.41) is 15.8. The molecule has 0 fully saturated rings. The highest BCUT2D eigenvalue weighted by Gasteiger charge is 2.26. The summed E-state index contributed by atoms with van der Waals surface area (Å²) in [5.41, 5.74) is 1.76. The Morgan fingerprint density at radius 3 is 2.52 bits per heavy atom. The first-order chi connectivity index (χ1) is 11.8. The van der Waals surface area contributed by atoms with E-state index in [9.17, 15) is 9.59 Å². The average Bonchev–Trinajstić information content (AvgIpc) is 3.00. The summed E-state index contributed by atoms with van der Waals surface area (Å²) in [7, 11) is 0. The van der Waals surface area contributed by atoms with Crippen LogP contribution in [-0.2, 0) is 14.9 Å². The van der Waals surface area contributed by atoms with Crippen molar-refractivity contribution in [3.63, 3.8) is 0 Å². The molecule has 25 heavy (non-hydrogen) atoms. The van der Waals surface area contributed by atoms with Crippen molar-refractivity contribution in [1.82, 2.24) is 15.1 Å². The molecular formula is C18H23N3O4. The second-order valence-electron chi connectivity index (χ2n) is 6.62. The third kappa shape index (κ3) is 5.15. The molecule has 0 radical (unpaired) electrons. The molecule has 1 heterocycles. The fourth-order valence-corrected chi connectivity index (χ4v) is 2.30. The van der Waals surface area contributed by atoms with Crippen LogP contribution in [0.1, 0.15) is 36.8 Å². The van der Waals surface area contributed by atoms with E-state index in [-0.39, 0.29) is 31.1 Å². The van der Waals surface area contributed by atoms with Gasteiger partial charge in [-0.05, 0) is 12.1 Å². The molecule has 7 nitrogen and oxygen atoms in total. The number of ether oxygens (including phenoxy) is 1. The Morgan fingerprint density at radius 2 is 1.92 bits per heavy atom. The first kappa shape index (κ1) is 18.7. The number of carboxylic acids is 1. The average molecular weight is 345 g/mol. The van der Waals surface area contributed by atoms with E-state index in [0.717, 1.165) is 5.69 Å². The van der Waals surface area contributed by atoms with Crippen LogP contribution in [0.4, 0.5) is 0 Å². The molecule has 0 unspecified atom stereocenters. The number of hydrogen-bond donors (Lipinski definition) is 2. The molecule has 0 spiro atoms. The zero-order chi connectivity index (χ0) is 18.4.